The first-order valence-electron chi connectivity index (χ1n) is 10.7. The molecular weight excluding hydrogens is 410 g/mol. The van der Waals surface area contributed by atoms with Gasteiger partial charge in [0.25, 0.3) is 0 Å². The molecule has 170 valence electrons. The lowest BCUT2D eigenvalue weighted by molar-refractivity contribution is 0.114. The Labute approximate surface area is 187 Å². The number of hydrogen-bond donors (Lipinski definition) is 2. The van der Waals surface area contributed by atoms with E-state index < -0.39 is 6.09 Å². The third-order valence-electron chi connectivity index (χ3n) is 5.79. The van der Waals surface area contributed by atoms with Crippen LogP contribution >= 0.6 is 0 Å². The quantitative estimate of drug-likeness (QED) is 0.551. The molecule has 1 aliphatic rings. The zero-order valence-corrected chi connectivity index (χ0v) is 18.6. The second kappa shape index (κ2) is 9.82. The summed E-state index contributed by atoms with van der Waals surface area (Å²) in [5, 5.41) is 4.03. The number of rotatable bonds is 8. The van der Waals surface area contributed by atoms with Crippen LogP contribution < -0.4 is 19.5 Å². The lowest BCUT2D eigenvalue weighted by atomic mass is 10.1. The van der Waals surface area contributed by atoms with E-state index in [2.05, 4.69) is 39.6 Å². The molecule has 1 aromatic heterocycles. The van der Waals surface area contributed by atoms with E-state index in [0.29, 0.717) is 22.9 Å². The number of likely N-dealkylation sites (tertiary alicyclic amines) is 1. The van der Waals surface area contributed by atoms with Crippen LogP contribution in [0.25, 0.3) is 10.9 Å². The van der Waals surface area contributed by atoms with Crippen LogP contribution in [-0.4, -0.2) is 63.0 Å². The summed E-state index contributed by atoms with van der Waals surface area (Å²) >= 11 is 0. The maximum Gasteiger partial charge on any atom is 0.411 e. The Morgan fingerprint density at radius 2 is 1.88 bits per heavy atom. The number of para-hydroxylation sites is 1. The van der Waals surface area contributed by atoms with E-state index in [1.165, 1.54) is 32.3 Å². The lowest BCUT2D eigenvalue weighted by Gasteiger charge is -2.17. The molecule has 0 aliphatic carbocycles. The highest BCUT2D eigenvalue weighted by Crippen LogP contribution is 2.40. The first-order chi connectivity index (χ1) is 15.6. The summed E-state index contributed by atoms with van der Waals surface area (Å²) in [7, 11) is 4.59. The van der Waals surface area contributed by atoms with Crippen LogP contribution in [-0.2, 0) is 11.2 Å². The van der Waals surface area contributed by atoms with Gasteiger partial charge in [-0.1, -0.05) is 18.2 Å². The first kappa shape index (κ1) is 21.8. The third kappa shape index (κ3) is 4.75. The molecule has 8 nitrogen and oxygen atoms in total. The molecule has 0 saturated carbocycles. The largest absolute Gasteiger partial charge is 0.493 e. The minimum Gasteiger partial charge on any atom is -0.493 e. The molecule has 2 aromatic carbocycles. The number of nitrogens with one attached hydrogen (secondary N) is 2. The van der Waals surface area contributed by atoms with E-state index in [0.717, 1.165) is 38.0 Å². The van der Waals surface area contributed by atoms with Gasteiger partial charge in [0.15, 0.2) is 11.5 Å². The van der Waals surface area contributed by atoms with Crippen LogP contribution in [0.2, 0.25) is 0 Å². The Bertz CT molecular complexity index is 1060. The van der Waals surface area contributed by atoms with E-state index >= 15 is 0 Å². The number of hydrogen-bond acceptors (Lipinski definition) is 6. The summed E-state index contributed by atoms with van der Waals surface area (Å²) in [6, 6.07) is 11.7. The van der Waals surface area contributed by atoms with Gasteiger partial charge in [-0.2, -0.15) is 0 Å². The number of carbonyl (C=O) groups excluding carboxylic acids is 1. The van der Waals surface area contributed by atoms with Crippen molar-refractivity contribution in [3.05, 3.63) is 48.2 Å². The SMILES string of the molecule is COc1cc(NC(=O)OC2CCN(CCc3c[nH]c4ccccc34)C2)cc(OC)c1OC. The summed E-state index contributed by atoms with van der Waals surface area (Å²) in [6.07, 6.45) is 3.22. The van der Waals surface area contributed by atoms with Crippen molar-refractivity contribution < 1.29 is 23.7 Å². The fraction of sp³-hybridized carbons (Fsp3) is 0.375. The molecular formula is C24H29N3O5. The normalized spacial score (nSPS) is 16.2. The second-order valence-electron chi connectivity index (χ2n) is 7.77. The number of aromatic amines is 1. The number of H-pyrrole nitrogens is 1. The van der Waals surface area contributed by atoms with Gasteiger partial charge in [-0.15, -0.1) is 0 Å². The van der Waals surface area contributed by atoms with Gasteiger partial charge in [-0.25, -0.2) is 4.79 Å². The molecule has 0 spiro atoms. The molecule has 8 heteroatoms. The van der Waals surface area contributed by atoms with E-state index in [9.17, 15) is 4.79 Å². The highest BCUT2D eigenvalue weighted by molar-refractivity contribution is 5.86. The number of carbonyl (C=O) groups is 1. The average molecular weight is 440 g/mol. The van der Waals surface area contributed by atoms with Crippen LogP contribution in [0.4, 0.5) is 10.5 Å². The third-order valence-corrected chi connectivity index (χ3v) is 5.79. The number of aromatic nitrogens is 1. The van der Waals surface area contributed by atoms with E-state index in [1.54, 1.807) is 12.1 Å². The summed E-state index contributed by atoms with van der Waals surface area (Å²) in [5.74, 6) is 1.40. The molecule has 0 radical (unpaired) electrons. The molecule has 0 bridgehead atoms. The molecule has 1 unspecified atom stereocenters. The maximum atomic E-state index is 12.5. The van der Waals surface area contributed by atoms with Crippen molar-refractivity contribution in [2.24, 2.45) is 0 Å². The standard InChI is InChI=1S/C24H29N3O5/c1-29-21-12-17(13-22(30-2)23(21)31-3)26-24(28)32-18-9-11-27(15-18)10-8-16-14-25-20-7-5-4-6-19(16)20/h4-7,12-14,18,25H,8-11,15H2,1-3H3,(H,26,28). The Morgan fingerprint density at radius 3 is 2.59 bits per heavy atom. The fourth-order valence-corrected chi connectivity index (χ4v) is 4.17. The van der Waals surface area contributed by atoms with Gasteiger partial charge in [-0.3, -0.25) is 10.2 Å². The van der Waals surface area contributed by atoms with Crippen LogP contribution in [0.15, 0.2) is 42.6 Å². The molecule has 1 saturated heterocycles. The van der Waals surface area contributed by atoms with Gasteiger partial charge >= 0.3 is 6.09 Å². The van der Waals surface area contributed by atoms with Crippen molar-refractivity contribution in [3.8, 4) is 17.2 Å². The van der Waals surface area contributed by atoms with Crippen LogP contribution in [0.5, 0.6) is 17.2 Å². The molecule has 2 heterocycles. The molecule has 1 amide bonds. The molecule has 1 aliphatic heterocycles. The lowest BCUT2D eigenvalue weighted by Crippen LogP contribution is -2.28. The van der Waals surface area contributed by atoms with Gasteiger partial charge < -0.3 is 23.9 Å². The Hall–Kier alpha value is -3.39. The van der Waals surface area contributed by atoms with Gasteiger partial charge in [0.05, 0.1) is 27.0 Å². The van der Waals surface area contributed by atoms with Crippen molar-refractivity contribution in [1.29, 1.82) is 0 Å². The topological polar surface area (TPSA) is 85.1 Å². The molecule has 32 heavy (non-hydrogen) atoms. The highest BCUT2D eigenvalue weighted by Gasteiger charge is 2.26. The van der Waals surface area contributed by atoms with Crippen LogP contribution in [0.3, 0.4) is 0 Å². The Kier molecular flexibility index (Phi) is 6.70. The van der Waals surface area contributed by atoms with Gasteiger partial charge in [0.1, 0.15) is 6.10 Å². The molecule has 2 N–H and O–H groups in total. The molecule has 3 aromatic rings. The number of methoxy groups -OCH3 is 3. The minimum atomic E-state index is -0.497. The van der Waals surface area contributed by atoms with Crippen molar-refractivity contribution in [1.82, 2.24) is 9.88 Å². The summed E-state index contributed by atoms with van der Waals surface area (Å²) in [6.45, 7) is 2.56. The highest BCUT2D eigenvalue weighted by atomic mass is 16.6. The first-order valence-corrected chi connectivity index (χ1v) is 10.7. The zero-order chi connectivity index (χ0) is 22.5. The van der Waals surface area contributed by atoms with Crippen molar-refractivity contribution in [2.45, 2.75) is 18.9 Å². The number of ether oxygens (including phenoxy) is 4. The van der Waals surface area contributed by atoms with Crippen molar-refractivity contribution >= 4 is 22.7 Å². The van der Waals surface area contributed by atoms with Gasteiger partial charge in [-0.05, 0) is 24.5 Å². The van der Waals surface area contributed by atoms with Gasteiger partial charge in [0.2, 0.25) is 5.75 Å². The van der Waals surface area contributed by atoms with E-state index in [4.69, 9.17) is 18.9 Å². The predicted molar refractivity (Wildman–Crippen MR) is 123 cm³/mol. The average Bonchev–Trinajstić information content (AvgIpc) is 3.43. The molecule has 1 atom stereocenters. The second-order valence-corrected chi connectivity index (χ2v) is 7.77. The van der Waals surface area contributed by atoms with Gasteiger partial charge in [0, 0.05) is 48.9 Å². The van der Waals surface area contributed by atoms with Crippen LogP contribution in [0.1, 0.15) is 12.0 Å². The summed E-state index contributed by atoms with van der Waals surface area (Å²) in [4.78, 5) is 18.1. The van der Waals surface area contributed by atoms with E-state index in [1.807, 2.05) is 6.07 Å². The zero-order valence-electron chi connectivity index (χ0n) is 18.6. The maximum absolute atomic E-state index is 12.5. The van der Waals surface area contributed by atoms with Crippen LogP contribution in [0, 0.1) is 0 Å². The minimum absolute atomic E-state index is 0.139. The Balaban J connectivity index is 1.29. The summed E-state index contributed by atoms with van der Waals surface area (Å²) in [5.41, 5.74) is 2.98. The number of fused-ring (bicyclic) bond motifs is 1. The monoisotopic (exact) mass is 439 g/mol. The predicted octanol–water partition coefficient (Wildman–Crippen LogP) is 4.06. The smallest absolute Gasteiger partial charge is 0.411 e. The number of anilines is 1. The van der Waals surface area contributed by atoms with E-state index in [-0.39, 0.29) is 6.10 Å². The number of nitrogens with zero attached hydrogens (tertiary/aromatic N) is 1. The molecule has 4 rings (SSSR count). The Morgan fingerprint density at radius 1 is 1.12 bits per heavy atom. The van der Waals surface area contributed by atoms with Crippen molar-refractivity contribution in [2.75, 3.05) is 46.3 Å². The molecule has 1 fully saturated rings. The fourth-order valence-electron chi connectivity index (χ4n) is 4.17. The summed E-state index contributed by atoms with van der Waals surface area (Å²) < 4.78 is 21.6. The van der Waals surface area contributed by atoms with Crippen molar-refractivity contribution in [3.63, 3.8) is 0 Å². The number of amides is 1. The number of benzene rings is 2.